The van der Waals surface area contributed by atoms with Crippen molar-refractivity contribution in [3.05, 3.63) is 77.4 Å². The van der Waals surface area contributed by atoms with Gasteiger partial charge in [-0.05, 0) is 22.8 Å². The summed E-state index contributed by atoms with van der Waals surface area (Å²) >= 11 is 0. The van der Waals surface area contributed by atoms with Gasteiger partial charge in [-0.2, -0.15) is 18.2 Å². The zero-order valence-corrected chi connectivity index (χ0v) is 26.9. The molecule has 2 N–H and O–H groups in total. The van der Waals surface area contributed by atoms with E-state index < -0.39 is 78.5 Å². The smallest absolute Gasteiger partial charge is 0.422 e. The van der Waals surface area contributed by atoms with Gasteiger partial charge in [0.05, 0.1) is 13.2 Å². The lowest BCUT2D eigenvalue weighted by Gasteiger charge is -2.50. The monoisotopic (exact) mass is 703 g/mol. The third-order valence-corrected chi connectivity index (χ3v) is 9.32. The molecule has 4 aliphatic rings. The highest BCUT2D eigenvalue weighted by atomic mass is 19.4. The molecule has 0 spiro atoms. The molecule has 2 aromatic carbocycles. The van der Waals surface area contributed by atoms with Gasteiger partial charge in [0.2, 0.25) is 11.8 Å². The maximum Gasteiger partial charge on any atom is 0.422 e. The van der Waals surface area contributed by atoms with Crippen LogP contribution in [-0.2, 0) is 55.9 Å². The van der Waals surface area contributed by atoms with Crippen molar-refractivity contribution < 1.29 is 61.2 Å². The number of nitrogens with one attached hydrogen (secondary N) is 1. The van der Waals surface area contributed by atoms with Crippen LogP contribution in [0.1, 0.15) is 23.1 Å². The number of aliphatic hydroxyl groups is 1. The van der Waals surface area contributed by atoms with Crippen LogP contribution >= 0.6 is 0 Å². The Balaban J connectivity index is 1.29. The van der Waals surface area contributed by atoms with E-state index in [1.165, 1.54) is 23.1 Å². The number of aliphatic hydroxyl groups excluding tert-OH is 1. The summed E-state index contributed by atoms with van der Waals surface area (Å²) in [5.74, 6) is -2.91. The highest BCUT2D eigenvalue weighted by molar-refractivity contribution is 5.96. The first-order valence-corrected chi connectivity index (χ1v) is 16.0. The molecule has 1 aliphatic carbocycles. The van der Waals surface area contributed by atoms with Gasteiger partial charge in [-0.25, -0.2) is 4.79 Å². The average Bonchev–Trinajstić information content (AvgIpc) is 3.72. The van der Waals surface area contributed by atoms with Crippen LogP contribution in [0.4, 0.5) is 13.2 Å². The first kappa shape index (κ1) is 35.5. The molecule has 16 heteroatoms. The number of rotatable bonds is 12. The standard InChI is InChI=1S/C34H36F3N3O10/c1-39(23(30(43)38-12-13-41)15-20-6-3-2-4-7-20)32(45)33-16-24-26-27(48-19-47-26)29(33)50-40(28(33)31(44)49-24)17-22-9-5-8-21(14-22)10-11-25(42)46-18-34(35,36)37/h2-11,14,23-24,26-29,41H,12-13,15-19H2,1H3,(H,38,43). The first-order valence-electron chi connectivity index (χ1n) is 16.0. The normalized spacial score (nSPS) is 27.8. The maximum absolute atomic E-state index is 14.9. The summed E-state index contributed by atoms with van der Waals surface area (Å²) in [7, 11) is 1.50. The van der Waals surface area contributed by atoms with Crippen molar-refractivity contribution in [1.29, 1.82) is 0 Å². The van der Waals surface area contributed by atoms with E-state index in [0.29, 0.717) is 11.1 Å². The van der Waals surface area contributed by atoms with Crippen molar-refractivity contribution in [1.82, 2.24) is 15.3 Å². The number of likely N-dealkylation sites (N-methyl/N-ethyl adjacent to an activating group) is 1. The largest absolute Gasteiger partial charge is 0.458 e. The molecule has 7 atom stereocenters. The summed E-state index contributed by atoms with van der Waals surface area (Å²) in [6.45, 7) is -2.18. The lowest BCUT2D eigenvalue weighted by molar-refractivity contribution is -0.204. The third kappa shape index (κ3) is 7.11. The van der Waals surface area contributed by atoms with Gasteiger partial charge < -0.3 is 34.3 Å². The Hall–Kier alpha value is -4.35. The van der Waals surface area contributed by atoms with Gasteiger partial charge in [-0.1, -0.05) is 54.6 Å². The second-order valence-corrected chi connectivity index (χ2v) is 12.5. The van der Waals surface area contributed by atoms with Gasteiger partial charge in [0.15, 0.2) is 12.6 Å². The molecule has 0 radical (unpaired) electrons. The summed E-state index contributed by atoms with van der Waals surface area (Å²) in [6.07, 6.45) is -5.59. The van der Waals surface area contributed by atoms with Crippen molar-refractivity contribution in [2.45, 2.75) is 62.1 Å². The number of nitrogens with zero attached hydrogens (tertiary/aromatic N) is 2. The first-order chi connectivity index (χ1) is 23.9. The highest BCUT2D eigenvalue weighted by Gasteiger charge is 2.75. The number of halogens is 3. The van der Waals surface area contributed by atoms with E-state index in [9.17, 15) is 37.5 Å². The molecule has 1 saturated carbocycles. The Morgan fingerprint density at radius 2 is 1.86 bits per heavy atom. The average molecular weight is 704 g/mol. The summed E-state index contributed by atoms with van der Waals surface area (Å²) in [4.78, 5) is 61.8. The van der Waals surface area contributed by atoms with Crippen LogP contribution in [0.15, 0.2) is 60.7 Å². The van der Waals surface area contributed by atoms with Crippen LogP contribution in [0, 0.1) is 5.41 Å². The van der Waals surface area contributed by atoms with Crippen molar-refractivity contribution >= 4 is 29.8 Å². The molecule has 4 fully saturated rings. The molecule has 2 amide bonds. The summed E-state index contributed by atoms with van der Waals surface area (Å²) < 4.78 is 59.0. The number of carbonyl (C=O) groups excluding carboxylic acids is 4. The number of benzene rings is 2. The number of hydrogen-bond donors (Lipinski definition) is 2. The van der Waals surface area contributed by atoms with E-state index in [1.54, 1.807) is 24.3 Å². The van der Waals surface area contributed by atoms with Gasteiger partial charge in [-0.3, -0.25) is 19.2 Å². The molecular formula is C34H36F3N3O10. The number of amides is 2. The lowest BCUT2D eigenvalue weighted by atomic mass is 9.62. The minimum absolute atomic E-state index is 0.0221. The van der Waals surface area contributed by atoms with Gasteiger partial charge in [-0.15, -0.1) is 0 Å². The van der Waals surface area contributed by atoms with Crippen molar-refractivity contribution in [2.75, 3.05) is 33.6 Å². The number of hydrogen-bond acceptors (Lipinski definition) is 11. The van der Waals surface area contributed by atoms with E-state index in [4.69, 9.17) is 19.0 Å². The third-order valence-electron chi connectivity index (χ3n) is 9.32. The number of carbonyl (C=O) groups is 4. The molecule has 7 unspecified atom stereocenters. The van der Waals surface area contributed by atoms with E-state index in [0.717, 1.165) is 11.6 Å². The van der Waals surface area contributed by atoms with Crippen LogP contribution < -0.4 is 5.32 Å². The molecule has 268 valence electrons. The molecule has 3 aliphatic heterocycles. The zero-order valence-electron chi connectivity index (χ0n) is 26.9. The second kappa shape index (κ2) is 14.5. The fourth-order valence-corrected chi connectivity index (χ4v) is 7.16. The second-order valence-electron chi connectivity index (χ2n) is 12.5. The number of hydroxylamine groups is 2. The number of ether oxygens (including phenoxy) is 4. The topological polar surface area (TPSA) is 153 Å². The maximum atomic E-state index is 14.9. The lowest BCUT2D eigenvalue weighted by Crippen LogP contribution is -2.70. The Morgan fingerprint density at radius 1 is 1.12 bits per heavy atom. The number of esters is 2. The van der Waals surface area contributed by atoms with E-state index >= 15 is 0 Å². The molecule has 6 rings (SSSR count). The fraction of sp³-hybridized carbons (Fsp3) is 0.471. The molecule has 3 saturated heterocycles. The molecule has 3 heterocycles. The van der Waals surface area contributed by atoms with Gasteiger partial charge in [0, 0.05) is 32.5 Å². The Bertz CT molecular complexity index is 1620. The van der Waals surface area contributed by atoms with E-state index in [1.807, 2.05) is 30.3 Å². The summed E-state index contributed by atoms with van der Waals surface area (Å²) in [5, 5.41) is 13.4. The zero-order chi connectivity index (χ0) is 35.6. The molecule has 0 aromatic heterocycles. The van der Waals surface area contributed by atoms with Crippen molar-refractivity contribution in [2.24, 2.45) is 5.41 Å². The predicted octanol–water partition coefficient (Wildman–Crippen LogP) is 1.52. The Kier molecular flexibility index (Phi) is 10.3. The van der Waals surface area contributed by atoms with Crippen LogP contribution in [0.25, 0.3) is 6.08 Å². The quantitative estimate of drug-likeness (QED) is 0.245. The van der Waals surface area contributed by atoms with Gasteiger partial charge in [0.25, 0.3) is 0 Å². The summed E-state index contributed by atoms with van der Waals surface area (Å²) in [6, 6.07) is 13.5. The number of alkyl halides is 3. The van der Waals surface area contributed by atoms with Crippen LogP contribution in [0.3, 0.4) is 0 Å². The Morgan fingerprint density at radius 3 is 2.60 bits per heavy atom. The SMILES string of the molecule is CN(C(=O)C12CC3OC(=O)C1N(Cc1cccc(C=CC(=O)OCC(F)(F)F)c1)OC2C1OCOC31)C(Cc1ccccc1)C(=O)NCCO. The fourth-order valence-electron chi connectivity index (χ4n) is 7.16. The van der Waals surface area contributed by atoms with Gasteiger partial charge >= 0.3 is 18.1 Å². The molecule has 50 heavy (non-hydrogen) atoms. The van der Waals surface area contributed by atoms with Crippen molar-refractivity contribution in [3.8, 4) is 0 Å². The van der Waals surface area contributed by atoms with Crippen molar-refractivity contribution in [3.63, 3.8) is 0 Å². The van der Waals surface area contributed by atoms with Crippen LogP contribution in [0.2, 0.25) is 0 Å². The number of fused-ring (bicyclic) bond motifs is 4. The molecule has 2 bridgehead atoms. The molecule has 13 nitrogen and oxygen atoms in total. The Labute approximate surface area is 284 Å². The molecular weight excluding hydrogens is 667 g/mol. The summed E-state index contributed by atoms with van der Waals surface area (Å²) in [5.41, 5.74) is 0.264. The predicted molar refractivity (Wildman–Crippen MR) is 165 cm³/mol. The molecule has 2 aromatic rings. The van der Waals surface area contributed by atoms with Gasteiger partial charge in [0.1, 0.15) is 42.7 Å². The van der Waals surface area contributed by atoms with Crippen LogP contribution in [0.5, 0.6) is 0 Å². The highest BCUT2D eigenvalue weighted by Crippen LogP contribution is 2.56. The minimum atomic E-state index is -4.66. The van der Waals surface area contributed by atoms with Crippen LogP contribution in [-0.4, -0.2) is 115 Å². The van der Waals surface area contributed by atoms with E-state index in [2.05, 4.69) is 10.1 Å². The van der Waals surface area contributed by atoms with E-state index in [-0.39, 0.29) is 39.3 Å². The minimum Gasteiger partial charge on any atom is -0.458 e.